The lowest BCUT2D eigenvalue weighted by Crippen LogP contribution is -2.11. The van der Waals surface area contributed by atoms with Gasteiger partial charge in [0.2, 0.25) is 0 Å². The number of carbonyl (C=O) groups excluding carboxylic acids is 3. The summed E-state index contributed by atoms with van der Waals surface area (Å²) in [5, 5.41) is 0. The quantitative estimate of drug-likeness (QED) is 0.216. The molecule has 0 saturated carbocycles. The van der Waals surface area contributed by atoms with E-state index in [1.807, 2.05) is 0 Å². The largest absolute Gasteiger partial charge is 0.513 e. The molecule has 0 atom stereocenters. The molecular weight excluding hydrogens is 300 g/mol. The highest BCUT2D eigenvalue weighted by Gasteiger charge is 2.05. The van der Waals surface area contributed by atoms with Crippen LogP contribution >= 0.6 is 0 Å². The maximum Gasteiger partial charge on any atom is 0.513 e. The van der Waals surface area contributed by atoms with Crippen molar-refractivity contribution in [2.24, 2.45) is 0 Å². The van der Waals surface area contributed by atoms with E-state index in [0.717, 1.165) is 25.3 Å². The molecule has 6 nitrogen and oxygen atoms in total. The van der Waals surface area contributed by atoms with Gasteiger partial charge >= 0.3 is 12.1 Å². The summed E-state index contributed by atoms with van der Waals surface area (Å²) in [7, 11) is 0. The minimum absolute atomic E-state index is 0.262. The highest BCUT2D eigenvalue weighted by atomic mass is 16.7. The van der Waals surface area contributed by atoms with Gasteiger partial charge in [-0.3, -0.25) is 4.79 Å². The van der Waals surface area contributed by atoms with E-state index in [2.05, 4.69) is 6.58 Å². The first kappa shape index (κ1) is 18.4. The standard InChI is InChI=1S/C17H20O6/c1-2-16(19)21-11-5-3-4-6-12-22-17(20)23-15-9-7-14(13-18)8-10-15/h2,7-10,13H,1,3-6,11-12H2. The molecule has 0 heterocycles. The zero-order chi connectivity index (χ0) is 16.9. The Morgan fingerprint density at radius 1 is 0.957 bits per heavy atom. The molecule has 0 N–H and O–H groups in total. The summed E-state index contributed by atoms with van der Waals surface area (Å²) in [4.78, 5) is 32.7. The third kappa shape index (κ3) is 8.40. The summed E-state index contributed by atoms with van der Waals surface area (Å²) in [6, 6.07) is 6.15. The van der Waals surface area contributed by atoms with Gasteiger partial charge in [0.25, 0.3) is 0 Å². The van der Waals surface area contributed by atoms with Gasteiger partial charge in [-0.2, -0.15) is 0 Å². The van der Waals surface area contributed by atoms with Gasteiger partial charge < -0.3 is 14.2 Å². The van der Waals surface area contributed by atoms with Crippen molar-refractivity contribution in [2.45, 2.75) is 25.7 Å². The van der Waals surface area contributed by atoms with Gasteiger partial charge in [-0.15, -0.1) is 0 Å². The Bertz CT molecular complexity index is 520. The van der Waals surface area contributed by atoms with Crippen LogP contribution in [0.1, 0.15) is 36.0 Å². The molecule has 0 bridgehead atoms. The highest BCUT2D eigenvalue weighted by molar-refractivity contribution is 5.81. The van der Waals surface area contributed by atoms with E-state index in [-0.39, 0.29) is 6.61 Å². The van der Waals surface area contributed by atoms with Crippen molar-refractivity contribution in [1.29, 1.82) is 0 Å². The predicted octanol–water partition coefficient (Wildman–Crippen LogP) is 3.30. The lowest BCUT2D eigenvalue weighted by atomic mass is 10.2. The van der Waals surface area contributed by atoms with Crippen LogP contribution in [0, 0.1) is 0 Å². The van der Waals surface area contributed by atoms with Crippen LogP contribution in [0.5, 0.6) is 5.75 Å². The van der Waals surface area contributed by atoms with Crippen LogP contribution in [0.4, 0.5) is 4.79 Å². The number of carbonyl (C=O) groups is 3. The smallest absolute Gasteiger partial charge is 0.463 e. The summed E-state index contributed by atoms with van der Waals surface area (Å²) in [6.45, 7) is 3.93. The van der Waals surface area contributed by atoms with Gasteiger partial charge in [-0.05, 0) is 49.9 Å². The average Bonchev–Trinajstić information content (AvgIpc) is 2.57. The van der Waals surface area contributed by atoms with Gasteiger partial charge in [0.1, 0.15) is 12.0 Å². The van der Waals surface area contributed by atoms with Crippen molar-refractivity contribution in [3.05, 3.63) is 42.5 Å². The Kier molecular flexibility index (Phi) is 8.81. The van der Waals surface area contributed by atoms with Crippen LogP contribution in [0.2, 0.25) is 0 Å². The third-order valence-corrected chi connectivity index (χ3v) is 2.89. The van der Waals surface area contributed by atoms with Gasteiger partial charge in [-0.25, -0.2) is 9.59 Å². The molecule has 0 spiro atoms. The van der Waals surface area contributed by atoms with Crippen LogP contribution < -0.4 is 4.74 Å². The van der Waals surface area contributed by atoms with Gasteiger partial charge in [0.15, 0.2) is 0 Å². The molecule has 0 aromatic heterocycles. The fraction of sp³-hybridized carbons (Fsp3) is 0.353. The molecule has 23 heavy (non-hydrogen) atoms. The first-order valence-electron chi connectivity index (χ1n) is 7.34. The van der Waals surface area contributed by atoms with Crippen molar-refractivity contribution < 1.29 is 28.6 Å². The van der Waals surface area contributed by atoms with E-state index in [4.69, 9.17) is 14.2 Å². The Morgan fingerprint density at radius 2 is 1.57 bits per heavy atom. The Morgan fingerprint density at radius 3 is 2.13 bits per heavy atom. The number of hydrogen-bond acceptors (Lipinski definition) is 6. The molecule has 1 aromatic rings. The van der Waals surface area contributed by atoms with Crippen molar-refractivity contribution in [3.8, 4) is 5.75 Å². The Balaban J connectivity index is 2.04. The SMILES string of the molecule is C=CC(=O)OCCCCCCOC(=O)Oc1ccc(C=O)cc1. The molecule has 6 heteroatoms. The van der Waals surface area contributed by atoms with E-state index < -0.39 is 12.1 Å². The van der Waals surface area contributed by atoms with Crippen LogP contribution in [-0.2, 0) is 14.3 Å². The van der Waals surface area contributed by atoms with E-state index in [9.17, 15) is 14.4 Å². The second-order valence-corrected chi connectivity index (χ2v) is 4.67. The number of aldehydes is 1. The summed E-state index contributed by atoms with van der Waals surface area (Å²) >= 11 is 0. The normalized spacial score (nSPS) is 9.74. The number of benzene rings is 1. The maximum atomic E-state index is 11.4. The average molecular weight is 320 g/mol. The van der Waals surface area contributed by atoms with Crippen LogP contribution in [-0.4, -0.2) is 31.6 Å². The molecule has 0 aliphatic carbocycles. The number of hydrogen-bond donors (Lipinski definition) is 0. The Hall–Kier alpha value is -2.63. The molecule has 0 fully saturated rings. The van der Waals surface area contributed by atoms with Crippen molar-refractivity contribution >= 4 is 18.4 Å². The van der Waals surface area contributed by atoms with Gasteiger partial charge in [0.05, 0.1) is 13.2 Å². The summed E-state index contributed by atoms with van der Waals surface area (Å²) in [6.07, 6.45) is 4.25. The topological polar surface area (TPSA) is 78.9 Å². The van der Waals surface area contributed by atoms with Crippen molar-refractivity contribution in [1.82, 2.24) is 0 Å². The second kappa shape index (κ2) is 11.0. The number of rotatable bonds is 10. The fourth-order valence-corrected chi connectivity index (χ4v) is 1.68. The molecular formula is C17H20O6. The Labute approximate surface area is 135 Å². The minimum atomic E-state index is -0.774. The van der Waals surface area contributed by atoms with E-state index in [1.165, 1.54) is 12.1 Å². The van der Waals surface area contributed by atoms with E-state index in [1.54, 1.807) is 12.1 Å². The van der Waals surface area contributed by atoms with E-state index >= 15 is 0 Å². The molecule has 0 aliphatic heterocycles. The van der Waals surface area contributed by atoms with E-state index in [0.29, 0.717) is 30.6 Å². The lowest BCUT2D eigenvalue weighted by Gasteiger charge is -2.06. The number of unbranched alkanes of at least 4 members (excludes halogenated alkanes) is 3. The summed E-state index contributed by atoms with van der Waals surface area (Å²) in [5.41, 5.74) is 0.504. The molecule has 1 aromatic carbocycles. The van der Waals surface area contributed by atoms with Crippen molar-refractivity contribution in [2.75, 3.05) is 13.2 Å². The molecule has 124 valence electrons. The molecule has 0 saturated heterocycles. The molecule has 0 radical (unpaired) electrons. The monoisotopic (exact) mass is 320 g/mol. The predicted molar refractivity (Wildman–Crippen MR) is 83.4 cm³/mol. The van der Waals surface area contributed by atoms with Crippen LogP contribution in [0.15, 0.2) is 36.9 Å². The maximum absolute atomic E-state index is 11.4. The van der Waals surface area contributed by atoms with Gasteiger partial charge in [0, 0.05) is 11.6 Å². The molecule has 0 unspecified atom stereocenters. The van der Waals surface area contributed by atoms with Crippen molar-refractivity contribution in [3.63, 3.8) is 0 Å². The number of esters is 1. The minimum Gasteiger partial charge on any atom is -0.463 e. The first-order chi connectivity index (χ1) is 11.2. The lowest BCUT2D eigenvalue weighted by molar-refractivity contribution is -0.137. The van der Waals surface area contributed by atoms with Crippen LogP contribution in [0.3, 0.4) is 0 Å². The zero-order valence-electron chi connectivity index (χ0n) is 12.9. The van der Waals surface area contributed by atoms with Gasteiger partial charge in [-0.1, -0.05) is 6.58 Å². The zero-order valence-corrected chi connectivity index (χ0v) is 12.9. The molecule has 0 amide bonds. The number of ether oxygens (including phenoxy) is 3. The molecule has 1 rings (SSSR count). The molecule has 0 aliphatic rings. The van der Waals surface area contributed by atoms with Crippen LogP contribution in [0.25, 0.3) is 0 Å². The third-order valence-electron chi connectivity index (χ3n) is 2.89. The summed E-state index contributed by atoms with van der Waals surface area (Å²) < 4.78 is 14.7. The summed E-state index contributed by atoms with van der Waals surface area (Å²) in [5.74, 6) is -0.0955. The fourth-order valence-electron chi connectivity index (χ4n) is 1.68. The highest BCUT2D eigenvalue weighted by Crippen LogP contribution is 2.12. The second-order valence-electron chi connectivity index (χ2n) is 4.67. The first-order valence-corrected chi connectivity index (χ1v) is 7.34.